The number of sulfonamides is 1. The third-order valence-electron chi connectivity index (χ3n) is 6.16. The number of benzene rings is 3. The molecule has 1 N–H and O–H groups in total. The van der Waals surface area contributed by atoms with Crippen LogP contribution in [0.25, 0.3) is 0 Å². The second-order valence-corrected chi connectivity index (χ2v) is 11.6. The summed E-state index contributed by atoms with van der Waals surface area (Å²) < 4.78 is 27.9. The van der Waals surface area contributed by atoms with Gasteiger partial charge in [0.25, 0.3) is 10.0 Å². The molecule has 0 aromatic heterocycles. The van der Waals surface area contributed by atoms with E-state index in [0.29, 0.717) is 5.02 Å². The van der Waals surface area contributed by atoms with Crippen LogP contribution in [0, 0.1) is 0 Å². The van der Waals surface area contributed by atoms with E-state index < -0.39 is 22.5 Å². The first kappa shape index (κ1) is 26.5. The van der Waals surface area contributed by atoms with E-state index in [2.05, 4.69) is 22.3 Å². The number of nitrogens with one attached hydrogen (secondary N) is 1. The van der Waals surface area contributed by atoms with Gasteiger partial charge in [-0.1, -0.05) is 72.1 Å². The number of carbonyl (C=O) groups is 1. The highest BCUT2D eigenvalue weighted by Gasteiger charge is 2.29. The third kappa shape index (κ3) is 6.79. The number of nitrogens with zero attached hydrogens (tertiary/aromatic N) is 2. The minimum atomic E-state index is -4.07. The second-order valence-electron chi connectivity index (χ2n) is 8.85. The predicted octanol–water partition coefficient (Wildman–Crippen LogP) is 5.49. The Morgan fingerprint density at radius 2 is 1.56 bits per heavy atom. The molecule has 1 amide bonds. The minimum absolute atomic E-state index is 0.0538. The van der Waals surface area contributed by atoms with Gasteiger partial charge in [0.15, 0.2) is 0 Å². The van der Waals surface area contributed by atoms with Gasteiger partial charge in [0.05, 0.1) is 15.6 Å². The van der Waals surface area contributed by atoms with Gasteiger partial charge in [-0.3, -0.25) is 14.0 Å². The molecule has 6 nitrogen and oxygen atoms in total. The normalized spacial score (nSPS) is 14.4. The Morgan fingerprint density at radius 3 is 2.25 bits per heavy atom. The summed E-state index contributed by atoms with van der Waals surface area (Å²) in [4.78, 5) is 15.4. The molecule has 4 rings (SSSR count). The number of halogens is 2. The maximum absolute atomic E-state index is 13.4. The van der Waals surface area contributed by atoms with Crippen molar-refractivity contribution >= 4 is 44.8 Å². The molecule has 0 saturated carbocycles. The Kier molecular flexibility index (Phi) is 8.90. The molecule has 0 spiro atoms. The van der Waals surface area contributed by atoms with Crippen molar-refractivity contribution in [2.75, 3.05) is 23.9 Å². The first-order valence-electron chi connectivity index (χ1n) is 11.9. The van der Waals surface area contributed by atoms with E-state index in [4.69, 9.17) is 23.2 Å². The molecule has 1 heterocycles. The molecule has 0 unspecified atom stereocenters. The molecule has 1 aliphatic heterocycles. The molecule has 0 bridgehead atoms. The minimum Gasteiger partial charge on any atom is -0.350 e. The highest BCUT2D eigenvalue weighted by molar-refractivity contribution is 7.92. The van der Waals surface area contributed by atoms with Crippen LogP contribution >= 0.6 is 23.2 Å². The predicted molar refractivity (Wildman–Crippen MR) is 145 cm³/mol. The second kappa shape index (κ2) is 12.1. The Morgan fingerprint density at radius 1 is 0.889 bits per heavy atom. The lowest BCUT2D eigenvalue weighted by Gasteiger charge is -2.26. The number of hydrogen-bond donors (Lipinski definition) is 1. The van der Waals surface area contributed by atoms with Crippen molar-refractivity contribution in [1.82, 2.24) is 10.2 Å². The lowest BCUT2D eigenvalue weighted by Crippen LogP contribution is -2.40. The molecule has 0 radical (unpaired) electrons. The molecule has 1 aliphatic rings. The average Bonchev–Trinajstić information content (AvgIpc) is 2.89. The van der Waals surface area contributed by atoms with E-state index in [0.717, 1.165) is 29.5 Å². The highest BCUT2D eigenvalue weighted by atomic mass is 35.5. The molecule has 3 aromatic rings. The summed E-state index contributed by atoms with van der Waals surface area (Å²) >= 11 is 12.5. The number of rotatable bonds is 9. The fourth-order valence-electron chi connectivity index (χ4n) is 4.22. The fourth-order valence-corrected chi connectivity index (χ4v) is 6.11. The molecule has 3 aromatic carbocycles. The zero-order chi connectivity index (χ0) is 25.5. The van der Waals surface area contributed by atoms with Gasteiger partial charge in [-0.25, -0.2) is 8.42 Å². The van der Waals surface area contributed by atoms with Crippen LogP contribution in [0.4, 0.5) is 5.69 Å². The van der Waals surface area contributed by atoms with Gasteiger partial charge in [-0.05, 0) is 67.4 Å². The Labute approximate surface area is 222 Å². The first-order chi connectivity index (χ1) is 17.3. The Balaban J connectivity index is 1.45. The monoisotopic (exact) mass is 545 g/mol. The van der Waals surface area contributed by atoms with E-state index in [9.17, 15) is 13.2 Å². The molecular formula is C27H29Cl2N3O3S. The Hall–Kier alpha value is -2.58. The molecular weight excluding hydrogens is 517 g/mol. The van der Waals surface area contributed by atoms with Gasteiger partial charge in [-0.15, -0.1) is 0 Å². The summed E-state index contributed by atoms with van der Waals surface area (Å²) in [5.74, 6) is -0.456. The highest BCUT2D eigenvalue weighted by Crippen LogP contribution is 2.32. The molecule has 0 aliphatic carbocycles. The van der Waals surface area contributed by atoms with Crippen LogP contribution in [0.1, 0.15) is 30.4 Å². The third-order valence-corrected chi connectivity index (χ3v) is 8.49. The van der Waals surface area contributed by atoms with Gasteiger partial charge in [0.2, 0.25) is 5.91 Å². The number of piperidine rings is 1. The summed E-state index contributed by atoms with van der Waals surface area (Å²) in [5, 5.41) is 3.32. The zero-order valence-corrected chi connectivity index (χ0v) is 22.2. The van der Waals surface area contributed by atoms with Crippen LogP contribution in [0.3, 0.4) is 0 Å². The van der Waals surface area contributed by atoms with Gasteiger partial charge in [-0.2, -0.15) is 0 Å². The van der Waals surface area contributed by atoms with Crippen molar-refractivity contribution in [3.8, 4) is 0 Å². The molecule has 190 valence electrons. The first-order valence-corrected chi connectivity index (χ1v) is 14.1. The van der Waals surface area contributed by atoms with Crippen molar-refractivity contribution in [3.63, 3.8) is 0 Å². The van der Waals surface area contributed by atoms with Crippen LogP contribution in [0.5, 0.6) is 0 Å². The quantitative estimate of drug-likeness (QED) is 0.386. The maximum atomic E-state index is 13.4. The molecule has 1 fully saturated rings. The van der Waals surface area contributed by atoms with Gasteiger partial charge >= 0.3 is 0 Å². The van der Waals surface area contributed by atoms with Gasteiger partial charge in [0.1, 0.15) is 6.54 Å². The van der Waals surface area contributed by atoms with Crippen molar-refractivity contribution in [2.24, 2.45) is 0 Å². The van der Waals surface area contributed by atoms with Crippen LogP contribution in [0.2, 0.25) is 10.0 Å². The lowest BCUT2D eigenvalue weighted by atomic mass is 10.1. The van der Waals surface area contributed by atoms with Crippen molar-refractivity contribution in [1.29, 1.82) is 0 Å². The van der Waals surface area contributed by atoms with Crippen molar-refractivity contribution < 1.29 is 13.2 Å². The van der Waals surface area contributed by atoms with Crippen LogP contribution in [0.15, 0.2) is 77.7 Å². The molecule has 36 heavy (non-hydrogen) atoms. The zero-order valence-electron chi connectivity index (χ0n) is 19.9. The average molecular weight is 547 g/mol. The standard InChI is InChI=1S/C27H29Cl2N3O3S/c28-23-13-14-25(29)26(17-23)32(36(34,35)24-7-3-1-4-8-24)20-27(33)30-18-21-9-11-22(12-10-21)19-31-15-5-2-6-16-31/h1,3-4,7-14,17H,2,5-6,15-16,18-20H2,(H,30,33). The largest absolute Gasteiger partial charge is 0.350 e. The maximum Gasteiger partial charge on any atom is 0.264 e. The van der Waals surface area contributed by atoms with Crippen LogP contribution < -0.4 is 9.62 Å². The van der Waals surface area contributed by atoms with E-state index in [-0.39, 0.29) is 22.2 Å². The van der Waals surface area contributed by atoms with Gasteiger partial charge in [0, 0.05) is 18.1 Å². The van der Waals surface area contributed by atoms with E-state index >= 15 is 0 Å². The van der Waals surface area contributed by atoms with Crippen LogP contribution in [-0.2, 0) is 27.9 Å². The van der Waals surface area contributed by atoms with Gasteiger partial charge < -0.3 is 5.32 Å². The summed E-state index contributed by atoms with van der Waals surface area (Å²) in [6, 6.07) is 20.6. The molecule has 0 atom stereocenters. The van der Waals surface area contributed by atoms with Crippen LogP contribution in [-0.4, -0.2) is 38.9 Å². The SMILES string of the molecule is O=C(CN(c1cc(Cl)ccc1Cl)S(=O)(=O)c1ccccc1)NCc1ccc(CN2CCCCC2)cc1. The van der Waals surface area contributed by atoms with E-state index in [1.54, 1.807) is 24.3 Å². The Bertz CT molecular complexity index is 1280. The van der Waals surface area contributed by atoms with E-state index in [1.165, 1.54) is 49.1 Å². The fraction of sp³-hybridized carbons (Fsp3) is 0.296. The smallest absolute Gasteiger partial charge is 0.264 e. The number of likely N-dealkylation sites (tertiary alicyclic amines) is 1. The number of carbonyl (C=O) groups excluding carboxylic acids is 1. The van der Waals surface area contributed by atoms with Crippen molar-refractivity contribution in [3.05, 3.63) is 94.0 Å². The number of hydrogen-bond acceptors (Lipinski definition) is 4. The summed E-state index contributed by atoms with van der Waals surface area (Å²) in [6.45, 7) is 3.04. The lowest BCUT2D eigenvalue weighted by molar-refractivity contribution is -0.119. The molecule has 1 saturated heterocycles. The number of amides is 1. The number of anilines is 1. The summed E-state index contributed by atoms with van der Waals surface area (Å²) in [7, 11) is -4.07. The summed E-state index contributed by atoms with van der Waals surface area (Å²) in [5.41, 5.74) is 2.32. The molecule has 9 heteroatoms. The topological polar surface area (TPSA) is 69.7 Å². The van der Waals surface area contributed by atoms with E-state index in [1.807, 2.05) is 12.1 Å². The summed E-state index contributed by atoms with van der Waals surface area (Å²) in [6.07, 6.45) is 3.81. The van der Waals surface area contributed by atoms with Crippen molar-refractivity contribution in [2.45, 2.75) is 37.2 Å².